The normalized spacial score (nSPS) is 17.7. The van der Waals surface area contributed by atoms with Crippen LogP contribution in [0.5, 0.6) is 0 Å². The summed E-state index contributed by atoms with van der Waals surface area (Å²) in [5.74, 6) is -0.111. The van der Waals surface area contributed by atoms with Crippen LogP contribution in [0.15, 0.2) is 22.6 Å². The lowest BCUT2D eigenvalue weighted by Gasteiger charge is -2.32. The molecule has 1 aromatic heterocycles. The van der Waals surface area contributed by atoms with E-state index in [1.165, 1.54) is 23.1 Å². The molecule has 3 rings (SSSR count). The molecule has 0 unspecified atom stereocenters. The van der Waals surface area contributed by atoms with Crippen LogP contribution in [-0.4, -0.2) is 42.2 Å². The summed E-state index contributed by atoms with van der Waals surface area (Å²) in [5, 5.41) is 3.05. The van der Waals surface area contributed by atoms with Gasteiger partial charge in [-0.25, -0.2) is 4.39 Å². The summed E-state index contributed by atoms with van der Waals surface area (Å²) in [6, 6.07) is 4.41. The number of aromatic nitrogens is 1. The Bertz CT molecular complexity index is 662. The van der Waals surface area contributed by atoms with Gasteiger partial charge in [-0.1, -0.05) is 0 Å². The number of anilines is 1. The van der Waals surface area contributed by atoms with E-state index >= 15 is 0 Å². The first-order valence-electron chi connectivity index (χ1n) is 7.48. The molecular formula is C15H17F4N3O. The third kappa shape index (κ3) is 4.34. The molecule has 0 radical (unpaired) electrons. The zero-order chi connectivity index (χ0) is 16.4. The van der Waals surface area contributed by atoms with E-state index in [4.69, 9.17) is 4.42 Å². The fraction of sp³-hybridized carbons (Fsp3) is 0.533. The number of fused-ring (bicyclic) bond motifs is 1. The fourth-order valence-electron chi connectivity index (χ4n) is 2.81. The van der Waals surface area contributed by atoms with Gasteiger partial charge in [0, 0.05) is 12.6 Å². The van der Waals surface area contributed by atoms with Gasteiger partial charge in [-0.15, -0.1) is 0 Å². The number of nitrogens with one attached hydrogen (secondary N) is 1. The zero-order valence-electron chi connectivity index (χ0n) is 12.4. The van der Waals surface area contributed by atoms with Crippen LogP contribution in [0.25, 0.3) is 11.1 Å². The van der Waals surface area contributed by atoms with Gasteiger partial charge in [0.15, 0.2) is 5.58 Å². The molecule has 1 fully saturated rings. The second-order valence-corrected chi connectivity index (χ2v) is 5.85. The monoisotopic (exact) mass is 331 g/mol. The van der Waals surface area contributed by atoms with Gasteiger partial charge in [-0.3, -0.25) is 4.90 Å². The number of piperidine rings is 1. The highest BCUT2D eigenvalue weighted by Gasteiger charge is 2.32. The van der Waals surface area contributed by atoms with Crippen molar-refractivity contribution >= 4 is 17.1 Å². The summed E-state index contributed by atoms with van der Waals surface area (Å²) >= 11 is 0. The Labute approximate surface area is 130 Å². The minimum Gasteiger partial charge on any atom is -0.424 e. The van der Waals surface area contributed by atoms with E-state index in [1.807, 2.05) is 0 Å². The zero-order valence-corrected chi connectivity index (χ0v) is 12.4. The van der Waals surface area contributed by atoms with Crippen molar-refractivity contribution in [1.29, 1.82) is 0 Å². The van der Waals surface area contributed by atoms with Crippen LogP contribution in [0.4, 0.5) is 23.6 Å². The summed E-state index contributed by atoms with van der Waals surface area (Å²) in [5.41, 5.74) is 0.932. The highest BCUT2D eigenvalue weighted by Crippen LogP contribution is 2.24. The lowest BCUT2D eigenvalue weighted by Crippen LogP contribution is -2.41. The molecule has 1 aliphatic heterocycles. The van der Waals surface area contributed by atoms with Gasteiger partial charge in [0.2, 0.25) is 0 Å². The van der Waals surface area contributed by atoms with Gasteiger partial charge in [-0.2, -0.15) is 18.2 Å². The van der Waals surface area contributed by atoms with Gasteiger partial charge in [0.25, 0.3) is 6.01 Å². The first-order valence-corrected chi connectivity index (χ1v) is 7.48. The Morgan fingerprint density at radius 3 is 2.70 bits per heavy atom. The smallest absolute Gasteiger partial charge is 0.401 e. The highest BCUT2D eigenvalue weighted by molar-refractivity contribution is 5.74. The molecule has 1 N–H and O–H groups in total. The Balaban J connectivity index is 1.49. The molecule has 0 aliphatic carbocycles. The summed E-state index contributed by atoms with van der Waals surface area (Å²) in [4.78, 5) is 5.57. The van der Waals surface area contributed by atoms with Crippen LogP contribution in [0.1, 0.15) is 12.8 Å². The van der Waals surface area contributed by atoms with Crippen molar-refractivity contribution in [1.82, 2.24) is 9.88 Å². The van der Waals surface area contributed by atoms with E-state index in [9.17, 15) is 17.6 Å². The maximum Gasteiger partial charge on any atom is 0.401 e. The Hall–Kier alpha value is -1.83. The predicted octanol–water partition coefficient (Wildman–Crippen LogP) is 3.65. The maximum atomic E-state index is 13.1. The van der Waals surface area contributed by atoms with E-state index in [0.29, 0.717) is 49.6 Å². The molecule has 23 heavy (non-hydrogen) atoms. The minimum absolute atomic E-state index is 0.270. The maximum absolute atomic E-state index is 13.1. The average Bonchev–Trinajstić information content (AvgIpc) is 2.87. The first kappa shape index (κ1) is 16.0. The molecule has 0 amide bonds. The fourth-order valence-corrected chi connectivity index (χ4v) is 2.81. The molecular weight excluding hydrogens is 314 g/mol. The van der Waals surface area contributed by atoms with E-state index in [2.05, 4.69) is 10.3 Å². The van der Waals surface area contributed by atoms with Crippen molar-refractivity contribution < 1.29 is 22.0 Å². The number of nitrogens with zero attached hydrogens (tertiary/aromatic N) is 2. The minimum atomic E-state index is -4.14. The van der Waals surface area contributed by atoms with E-state index in [-0.39, 0.29) is 11.7 Å². The van der Waals surface area contributed by atoms with E-state index in [1.54, 1.807) is 0 Å². The molecule has 1 aliphatic rings. The molecule has 8 heteroatoms. The Kier molecular flexibility index (Phi) is 4.43. The van der Waals surface area contributed by atoms with Crippen LogP contribution in [0, 0.1) is 11.7 Å². The molecule has 0 saturated carbocycles. The summed E-state index contributed by atoms with van der Waals surface area (Å²) < 4.78 is 55.5. The number of likely N-dealkylation sites (tertiary alicyclic amines) is 1. The molecule has 1 saturated heterocycles. The van der Waals surface area contributed by atoms with Crippen molar-refractivity contribution in [2.24, 2.45) is 5.92 Å². The Morgan fingerprint density at radius 2 is 2.00 bits per heavy atom. The number of alkyl halides is 3. The van der Waals surface area contributed by atoms with Crippen LogP contribution >= 0.6 is 0 Å². The summed E-state index contributed by atoms with van der Waals surface area (Å²) in [6.07, 6.45) is -2.76. The van der Waals surface area contributed by atoms with Gasteiger partial charge >= 0.3 is 6.18 Å². The molecule has 0 bridgehead atoms. The van der Waals surface area contributed by atoms with Crippen LogP contribution < -0.4 is 5.32 Å². The molecule has 1 aromatic carbocycles. The van der Waals surface area contributed by atoms with Crippen LogP contribution in [0.2, 0.25) is 0 Å². The van der Waals surface area contributed by atoms with Crippen molar-refractivity contribution in [3.8, 4) is 0 Å². The average molecular weight is 331 g/mol. The first-order chi connectivity index (χ1) is 10.9. The summed E-state index contributed by atoms with van der Waals surface area (Å²) in [6.45, 7) is 0.605. The van der Waals surface area contributed by atoms with Crippen LogP contribution in [-0.2, 0) is 0 Å². The lowest BCUT2D eigenvalue weighted by atomic mass is 9.97. The molecule has 4 nitrogen and oxygen atoms in total. The number of hydrogen-bond donors (Lipinski definition) is 1. The standard InChI is InChI=1S/C15H17F4N3O/c16-11-1-2-13-12(7-11)21-14(23-13)20-8-10-3-5-22(6-4-10)9-15(17,18)19/h1-2,7,10H,3-6,8-9H2,(H,20,21). The van der Waals surface area contributed by atoms with Crippen molar-refractivity contribution in [2.75, 3.05) is 31.5 Å². The number of oxazole rings is 1. The number of rotatable bonds is 4. The van der Waals surface area contributed by atoms with E-state index in [0.717, 1.165) is 0 Å². The Morgan fingerprint density at radius 1 is 1.26 bits per heavy atom. The number of hydrogen-bond acceptors (Lipinski definition) is 4. The summed E-state index contributed by atoms with van der Waals surface area (Å²) in [7, 11) is 0. The highest BCUT2D eigenvalue weighted by atomic mass is 19.4. The third-order valence-electron chi connectivity index (χ3n) is 4.00. The largest absolute Gasteiger partial charge is 0.424 e. The second-order valence-electron chi connectivity index (χ2n) is 5.85. The topological polar surface area (TPSA) is 41.3 Å². The van der Waals surface area contributed by atoms with Gasteiger partial charge in [-0.05, 0) is 44.0 Å². The van der Waals surface area contributed by atoms with Gasteiger partial charge in [0.1, 0.15) is 11.3 Å². The molecule has 2 heterocycles. The van der Waals surface area contributed by atoms with Crippen molar-refractivity contribution in [3.63, 3.8) is 0 Å². The van der Waals surface area contributed by atoms with Gasteiger partial charge in [0.05, 0.1) is 6.54 Å². The van der Waals surface area contributed by atoms with Crippen molar-refractivity contribution in [3.05, 3.63) is 24.0 Å². The third-order valence-corrected chi connectivity index (χ3v) is 4.00. The number of halogens is 4. The SMILES string of the molecule is Fc1ccc2oc(NCC3CCN(CC(F)(F)F)CC3)nc2c1. The number of benzene rings is 1. The van der Waals surface area contributed by atoms with Crippen molar-refractivity contribution in [2.45, 2.75) is 19.0 Å². The molecule has 0 atom stereocenters. The predicted molar refractivity (Wildman–Crippen MR) is 77.7 cm³/mol. The molecule has 0 spiro atoms. The molecule has 126 valence electrons. The lowest BCUT2D eigenvalue weighted by molar-refractivity contribution is -0.148. The van der Waals surface area contributed by atoms with Gasteiger partial charge < -0.3 is 9.73 Å². The van der Waals surface area contributed by atoms with Crippen LogP contribution in [0.3, 0.4) is 0 Å². The quantitative estimate of drug-likeness (QED) is 0.868. The van der Waals surface area contributed by atoms with E-state index < -0.39 is 12.7 Å². The second kappa shape index (κ2) is 6.35. The molecule has 2 aromatic rings.